The molecule has 0 aliphatic heterocycles. The molecule has 29 heavy (non-hydrogen) atoms. The largest absolute Gasteiger partial charge is 0.496 e. The maximum Gasteiger partial charge on any atom is 0.272 e. The molecule has 3 aromatic rings. The van der Waals surface area contributed by atoms with Crippen molar-refractivity contribution in [2.24, 2.45) is 0 Å². The first-order valence-electron chi connectivity index (χ1n) is 8.93. The van der Waals surface area contributed by atoms with Gasteiger partial charge < -0.3 is 20.7 Å². The van der Waals surface area contributed by atoms with Gasteiger partial charge in [-0.1, -0.05) is 24.3 Å². The van der Waals surface area contributed by atoms with E-state index in [-0.39, 0.29) is 17.5 Å². The van der Waals surface area contributed by atoms with Crippen LogP contribution in [0.4, 0.5) is 17.2 Å². The van der Waals surface area contributed by atoms with Crippen LogP contribution in [0.1, 0.15) is 23.0 Å². The van der Waals surface area contributed by atoms with Crippen LogP contribution >= 0.6 is 0 Å². The zero-order chi connectivity index (χ0) is 20.6. The summed E-state index contributed by atoms with van der Waals surface area (Å²) < 4.78 is 5.27. The highest BCUT2D eigenvalue weighted by Crippen LogP contribution is 2.19. The van der Waals surface area contributed by atoms with Crippen molar-refractivity contribution in [1.82, 2.24) is 15.5 Å². The van der Waals surface area contributed by atoms with E-state index < -0.39 is 0 Å². The Labute approximate surface area is 168 Å². The molecule has 8 nitrogen and oxygen atoms in total. The Morgan fingerprint density at radius 3 is 2.48 bits per heavy atom. The van der Waals surface area contributed by atoms with Crippen LogP contribution in [0.2, 0.25) is 0 Å². The first-order chi connectivity index (χ1) is 14.0. The Balaban J connectivity index is 1.61. The second kappa shape index (κ2) is 9.32. The van der Waals surface area contributed by atoms with Gasteiger partial charge in [-0.15, -0.1) is 10.2 Å². The van der Waals surface area contributed by atoms with Crippen LogP contribution in [-0.4, -0.2) is 29.1 Å². The van der Waals surface area contributed by atoms with Gasteiger partial charge in [0.15, 0.2) is 11.5 Å². The lowest BCUT2D eigenvalue weighted by atomic mass is 10.2. The number of carbonyl (C=O) groups is 2. The van der Waals surface area contributed by atoms with E-state index in [1.165, 1.54) is 6.92 Å². The number of hydrogen-bond donors (Lipinski definition) is 3. The monoisotopic (exact) mass is 391 g/mol. The highest BCUT2D eigenvalue weighted by molar-refractivity contribution is 5.92. The minimum absolute atomic E-state index is 0.148. The van der Waals surface area contributed by atoms with Crippen LogP contribution in [0, 0.1) is 0 Å². The molecule has 1 aromatic heterocycles. The van der Waals surface area contributed by atoms with Gasteiger partial charge in [-0.3, -0.25) is 9.59 Å². The molecule has 148 valence electrons. The smallest absolute Gasteiger partial charge is 0.272 e. The van der Waals surface area contributed by atoms with Crippen molar-refractivity contribution in [3.63, 3.8) is 0 Å². The van der Waals surface area contributed by atoms with E-state index in [0.29, 0.717) is 23.8 Å². The van der Waals surface area contributed by atoms with Crippen LogP contribution < -0.4 is 20.7 Å². The average Bonchev–Trinajstić information content (AvgIpc) is 2.72. The number of hydrogen-bond acceptors (Lipinski definition) is 6. The van der Waals surface area contributed by atoms with Gasteiger partial charge >= 0.3 is 0 Å². The van der Waals surface area contributed by atoms with Gasteiger partial charge in [0.2, 0.25) is 5.91 Å². The highest BCUT2D eigenvalue weighted by atomic mass is 16.5. The number of benzene rings is 2. The van der Waals surface area contributed by atoms with Gasteiger partial charge in [-0.2, -0.15) is 0 Å². The fourth-order valence-corrected chi connectivity index (χ4v) is 2.66. The molecule has 3 N–H and O–H groups in total. The standard InChI is InChI=1S/C21H21N5O3/c1-14(27)23-16-7-5-8-17(12-16)24-20-11-10-18(25-26-20)21(28)22-13-15-6-3-4-9-19(15)29-2/h3-12H,13H2,1-2H3,(H,22,28)(H,23,27)(H,24,26). The Morgan fingerprint density at radius 2 is 1.76 bits per heavy atom. The van der Waals surface area contributed by atoms with E-state index in [1.54, 1.807) is 37.4 Å². The van der Waals surface area contributed by atoms with Crippen molar-refractivity contribution in [1.29, 1.82) is 0 Å². The third-order valence-electron chi connectivity index (χ3n) is 3.98. The molecule has 8 heteroatoms. The number of ether oxygens (including phenoxy) is 1. The summed E-state index contributed by atoms with van der Waals surface area (Å²) in [5, 5.41) is 16.6. The van der Waals surface area contributed by atoms with Crippen molar-refractivity contribution >= 4 is 29.0 Å². The maximum atomic E-state index is 12.3. The summed E-state index contributed by atoms with van der Waals surface area (Å²) in [7, 11) is 1.59. The molecule has 2 aromatic carbocycles. The molecule has 0 saturated carbocycles. The summed E-state index contributed by atoms with van der Waals surface area (Å²) in [5.74, 6) is 0.708. The predicted octanol–water partition coefficient (Wildman–Crippen LogP) is 3.12. The van der Waals surface area contributed by atoms with Crippen molar-refractivity contribution < 1.29 is 14.3 Å². The van der Waals surface area contributed by atoms with Crippen LogP contribution in [-0.2, 0) is 11.3 Å². The van der Waals surface area contributed by atoms with E-state index in [9.17, 15) is 9.59 Å². The summed E-state index contributed by atoms with van der Waals surface area (Å²) in [6.45, 7) is 1.77. The van der Waals surface area contributed by atoms with Crippen LogP contribution in [0.25, 0.3) is 0 Å². The molecule has 0 aliphatic carbocycles. The zero-order valence-electron chi connectivity index (χ0n) is 16.1. The van der Waals surface area contributed by atoms with Crippen LogP contribution in [0.5, 0.6) is 5.75 Å². The van der Waals surface area contributed by atoms with Crippen molar-refractivity contribution in [2.45, 2.75) is 13.5 Å². The number of amides is 2. The average molecular weight is 391 g/mol. The minimum atomic E-state index is -0.331. The first-order valence-corrected chi connectivity index (χ1v) is 8.93. The lowest BCUT2D eigenvalue weighted by Gasteiger charge is -2.10. The van der Waals surface area contributed by atoms with Gasteiger partial charge in [-0.25, -0.2) is 0 Å². The molecule has 0 atom stereocenters. The Kier molecular flexibility index (Phi) is 6.36. The second-order valence-corrected chi connectivity index (χ2v) is 6.19. The molecule has 0 fully saturated rings. The van der Waals surface area contributed by atoms with Gasteiger partial charge in [-0.05, 0) is 36.4 Å². The van der Waals surface area contributed by atoms with Crippen molar-refractivity contribution in [2.75, 3.05) is 17.7 Å². The van der Waals surface area contributed by atoms with E-state index in [1.807, 2.05) is 30.3 Å². The lowest BCUT2D eigenvalue weighted by Crippen LogP contribution is -2.24. The normalized spacial score (nSPS) is 10.1. The van der Waals surface area contributed by atoms with E-state index in [0.717, 1.165) is 11.3 Å². The Morgan fingerprint density at radius 1 is 0.966 bits per heavy atom. The predicted molar refractivity (Wildman–Crippen MR) is 110 cm³/mol. The minimum Gasteiger partial charge on any atom is -0.496 e. The van der Waals surface area contributed by atoms with Crippen molar-refractivity contribution in [3.8, 4) is 5.75 Å². The molecule has 0 aliphatic rings. The Bertz CT molecular complexity index is 1010. The van der Waals surface area contributed by atoms with Crippen molar-refractivity contribution in [3.05, 3.63) is 71.9 Å². The molecular weight excluding hydrogens is 370 g/mol. The molecule has 0 unspecified atom stereocenters. The van der Waals surface area contributed by atoms with Crippen LogP contribution in [0.15, 0.2) is 60.7 Å². The SMILES string of the molecule is COc1ccccc1CNC(=O)c1ccc(Nc2cccc(NC(C)=O)c2)nn1. The summed E-state index contributed by atoms with van der Waals surface area (Å²) in [4.78, 5) is 23.5. The van der Waals surface area contributed by atoms with E-state index >= 15 is 0 Å². The van der Waals surface area contributed by atoms with Gasteiger partial charge in [0.05, 0.1) is 7.11 Å². The molecular formula is C21H21N5O3. The number of anilines is 3. The number of nitrogens with one attached hydrogen (secondary N) is 3. The number of aromatic nitrogens is 2. The fraction of sp³-hybridized carbons (Fsp3) is 0.143. The highest BCUT2D eigenvalue weighted by Gasteiger charge is 2.10. The molecule has 3 rings (SSSR count). The first kappa shape index (κ1) is 19.8. The number of methoxy groups -OCH3 is 1. The number of carbonyl (C=O) groups excluding carboxylic acids is 2. The molecule has 2 amide bonds. The summed E-state index contributed by atoms with van der Waals surface area (Å²) in [6, 6.07) is 17.9. The fourth-order valence-electron chi connectivity index (χ4n) is 2.66. The van der Waals surface area contributed by atoms with Gasteiger partial charge in [0.25, 0.3) is 5.91 Å². The maximum absolute atomic E-state index is 12.3. The van der Waals surface area contributed by atoms with Crippen LogP contribution in [0.3, 0.4) is 0 Å². The number of para-hydroxylation sites is 1. The summed E-state index contributed by atoms with van der Waals surface area (Å²) in [5.41, 5.74) is 2.48. The lowest BCUT2D eigenvalue weighted by molar-refractivity contribution is -0.114. The second-order valence-electron chi connectivity index (χ2n) is 6.19. The zero-order valence-corrected chi connectivity index (χ0v) is 16.1. The van der Waals surface area contributed by atoms with Gasteiger partial charge in [0.1, 0.15) is 5.75 Å². The molecule has 0 bridgehead atoms. The third kappa shape index (κ3) is 5.52. The Hall–Kier alpha value is -3.94. The van der Waals surface area contributed by atoms with Gasteiger partial charge in [0, 0.05) is 30.4 Å². The quantitative estimate of drug-likeness (QED) is 0.572. The summed E-state index contributed by atoms with van der Waals surface area (Å²) >= 11 is 0. The van der Waals surface area contributed by atoms with E-state index in [4.69, 9.17) is 4.74 Å². The summed E-state index contributed by atoms with van der Waals surface area (Å²) in [6.07, 6.45) is 0. The van der Waals surface area contributed by atoms with E-state index in [2.05, 4.69) is 26.1 Å². The number of rotatable bonds is 7. The molecule has 0 radical (unpaired) electrons. The molecule has 0 saturated heterocycles. The molecule has 1 heterocycles. The molecule has 0 spiro atoms. The topological polar surface area (TPSA) is 105 Å². The number of nitrogens with zero attached hydrogens (tertiary/aromatic N) is 2. The third-order valence-corrected chi connectivity index (χ3v) is 3.98.